The third-order valence-corrected chi connectivity index (χ3v) is 2.55. The molecule has 0 aromatic heterocycles. The van der Waals surface area contributed by atoms with Crippen molar-refractivity contribution in [1.82, 2.24) is 5.32 Å². The van der Waals surface area contributed by atoms with Crippen molar-refractivity contribution in [2.24, 2.45) is 5.41 Å². The lowest BCUT2D eigenvalue weighted by Crippen LogP contribution is -2.35. The third kappa shape index (κ3) is 4.82. The van der Waals surface area contributed by atoms with Crippen LogP contribution in [-0.4, -0.2) is 12.6 Å². The summed E-state index contributed by atoms with van der Waals surface area (Å²) in [6.45, 7) is 9.13. The van der Waals surface area contributed by atoms with Crippen molar-refractivity contribution < 1.29 is 8.78 Å². The quantitative estimate of drug-likeness (QED) is 0.850. The average Bonchev–Trinajstić information content (AvgIpc) is 2.20. The van der Waals surface area contributed by atoms with E-state index in [1.807, 2.05) is 6.92 Å². The van der Waals surface area contributed by atoms with Gasteiger partial charge in [0, 0.05) is 18.2 Å². The Kier molecular flexibility index (Phi) is 4.63. The Morgan fingerprint density at radius 2 is 1.71 bits per heavy atom. The monoisotopic (exact) mass is 241 g/mol. The standard InChI is InChI=1S/C14H21F2N/c1-10(17-9-14(2,3)4)8-11-12(15)6-5-7-13(11)16/h5-7,10,17H,8-9H2,1-4H3. The van der Waals surface area contributed by atoms with Crippen LogP contribution in [0, 0.1) is 17.0 Å². The van der Waals surface area contributed by atoms with E-state index in [1.165, 1.54) is 18.2 Å². The maximum Gasteiger partial charge on any atom is 0.129 e. The fourth-order valence-electron chi connectivity index (χ4n) is 1.59. The van der Waals surface area contributed by atoms with E-state index in [2.05, 4.69) is 26.1 Å². The summed E-state index contributed by atoms with van der Waals surface area (Å²) in [5.41, 5.74) is 0.337. The van der Waals surface area contributed by atoms with Crippen molar-refractivity contribution in [3.63, 3.8) is 0 Å². The number of halogens is 2. The molecule has 1 aromatic rings. The highest BCUT2D eigenvalue weighted by Crippen LogP contribution is 2.15. The maximum absolute atomic E-state index is 13.4. The molecule has 1 nitrogen and oxygen atoms in total. The molecule has 0 fully saturated rings. The van der Waals surface area contributed by atoms with E-state index in [0.29, 0.717) is 6.42 Å². The molecule has 1 aromatic carbocycles. The lowest BCUT2D eigenvalue weighted by molar-refractivity contribution is 0.353. The topological polar surface area (TPSA) is 12.0 Å². The Morgan fingerprint density at radius 1 is 1.18 bits per heavy atom. The highest BCUT2D eigenvalue weighted by molar-refractivity contribution is 5.20. The van der Waals surface area contributed by atoms with Gasteiger partial charge in [0.15, 0.2) is 0 Å². The molecule has 1 rings (SSSR count). The van der Waals surface area contributed by atoms with Gasteiger partial charge in [-0.25, -0.2) is 8.78 Å². The first kappa shape index (κ1) is 14.1. The van der Waals surface area contributed by atoms with Crippen LogP contribution in [-0.2, 0) is 6.42 Å². The smallest absolute Gasteiger partial charge is 0.129 e. The van der Waals surface area contributed by atoms with E-state index in [0.717, 1.165) is 6.54 Å². The summed E-state index contributed by atoms with van der Waals surface area (Å²) in [7, 11) is 0. The van der Waals surface area contributed by atoms with Gasteiger partial charge in [0.05, 0.1) is 0 Å². The minimum Gasteiger partial charge on any atom is -0.313 e. The molecule has 0 saturated carbocycles. The van der Waals surface area contributed by atoms with Gasteiger partial charge in [-0.2, -0.15) is 0 Å². The van der Waals surface area contributed by atoms with Crippen LogP contribution < -0.4 is 5.32 Å². The first-order valence-electron chi connectivity index (χ1n) is 5.96. The number of hydrogen-bond acceptors (Lipinski definition) is 1. The molecule has 0 heterocycles. The van der Waals surface area contributed by atoms with E-state index in [4.69, 9.17) is 0 Å². The summed E-state index contributed by atoms with van der Waals surface area (Å²) in [5.74, 6) is -0.927. The maximum atomic E-state index is 13.4. The van der Waals surface area contributed by atoms with Crippen molar-refractivity contribution >= 4 is 0 Å². The summed E-state index contributed by atoms with van der Waals surface area (Å²) in [6, 6.07) is 4.05. The highest BCUT2D eigenvalue weighted by atomic mass is 19.1. The van der Waals surface area contributed by atoms with E-state index in [1.54, 1.807) is 0 Å². The fraction of sp³-hybridized carbons (Fsp3) is 0.571. The summed E-state index contributed by atoms with van der Waals surface area (Å²) in [5, 5.41) is 3.29. The third-order valence-electron chi connectivity index (χ3n) is 2.55. The SMILES string of the molecule is CC(Cc1c(F)cccc1F)NCC(C)(C)C. The Balaban J connectivity index is 2.59. The average molecular weight is 241 g/mol. The molecule has 1 N–H and O–H groups in total. The first-order chi connectivity index (χ1) is 7.79. The van der Waals surface area contributed by atoms with Crippen molar-refractivity contribution in [2.45, 2.75) is 40.2 Å². The van der Waals surface area contributed by atoms with Crippen molar-refractivity contribution in [3.05, 3.63) is 35.4 Å². The van der Waals surface area contributed by atoms with Gasteiger partial charge in [-0.1, -0.05) is 26.8 Å². The largest absolute Gasteiger partial charge is 0.313 e. The van der Waals surface area contributed by atoms with Crippen LogP contribution in [0.3, 0.4) is 0 Å². The molecule has 0 bridgehead atoms. The molecule has 96 valence electrons. The van der Waals surface area contributed by atoms with Crippen molar-refractivity contribution in [1.29, 1.82) is 0 Å². The lowest BCUT2D eigenvalue weighted by Gasteiger charge is -2.23. The van der Waals surface area contributed by atoms with Gasteiger partial charge in [0.25, 0.3) is 0 Å². The zero-order chi connectivity index (χ0) is 13.1. The molecule has 0 aliphatic heterocycles. The predicted octanol–water partition coefficient (Wildman–Crippen LogP) is 3.53. The van der Waals surface area contributed by atoms with Gasteiger partial charge >= 0.3 is 0 Å². The first-order valence-corrected chi connectivity index (χ1v) is 5.96. The van der Waals surface area contributed by atoms with Gasteiger partial charge in [-0.05, 0) is 30.9 Å². The van der Waals surface area contributed by atoms with Crippen LogP contribution in [0.1, 0.15) is 33.3 Å². The molecule has 1 atom stereocenters. The van der Waals surface area contributed by atoms with Crippen LogP contribution in [0.15, 0.2) is 18.2 Å². The molecule has 0 spiro atoms. The summed E-state index contributed by atoms with van der Waals surface area (Å²) < 4.78 is 26.8. The molecule has 0 aliphatic rings. The van der Waals surface area contributed by atoms with Crippen LogP contribution in [0.5, 0.6) is 0 Å². The summed E-state index contributed by atoms with van der Waals surface area (Å²) in [6.07, 6.45) is 0.370. The normalized spacial score (nSPS) is 13.8. The van der Waals surface area contributed by atoms with Crippen molar-refractivity contribution in [3.8, 4) is 0 Å². The molecular formula is C14H21F2N. The van der Waals surface area contributed by atoms with E-state index in [9.17, 15) is 8.78 Å². The molecule has 0 aliphatic carbocycles. The number of benzene rings is 1. The zero-order valence-corrected chi connectivity index (χ0v) is 11.0. The Hall–Kier alpha value is -0.960. The lowest BCUT2D eigenvalue weighted by atomic mass is 9.96. The van der Waals surface area contributed by atoms with Gasteiger partial charge in [-0.15, -0.1) is 0 Å². The van der Waals surface area contributed by atoms with E-state index >= 15 is 0 Å². The Labute approximate surface area is 102 Å². The van der Waals surface area contributed by atoms with E-state index < -0.39 is 11.6 Å². The minimum atomic E-state index is -0.464. The predicted molar refractivity (Wildman–Crippen MR) is 67.0 cm³/mol. The second kappa shape index (κ2) is 5.58. The number of rotatable bonds is 4. The second-order valence-electron chi connectivity index (χ2n) is 5.75. The van der Waals surface area contributed by atoms with Crippen LogP contribution in [0.25, 0.3) is 0 Å². The second-order valence-corrected chi connectivity index (χ2v) is 5.75. The molecule has 0 radical (unpaired) electrons. The number of nitrogens with one attached hydrogen (secondary N) is 1. The molecule has 0 amide bonds. The van der Waals surface area contributed by atoms with Gasteiger partial charge in [-0.3, -0.25) is 0 Å². The molecule has 3 heteroatoms. The summed E-state index contributed by atoms with van der Waals surface area (Å²) in [4.78, 5) is 0. The van der Waals surface area contributed by atoms with Crippen LogP contribution in [0.2, 0.25) is 0 Å². The molecule has 17 heavy (non-hydrogen) atoms. The molecular weight excluding hydrogens is 220 g/mol. The Morgan fingerprint density at radius 3 is 2.18 bits per heavy atom. The zero-order valence-electron chi connectivity index (χ0n) is 11.0. The fourth-order valence-corrected chi connectivity index (χ4v) is 1.59. The van der Waals surface area contributed by atoms with Gasteiger partial charge in [0.2, 0.25) is 0 Å². The minimum absolute atomic E-state index is 0.0561. The summed E-state index contributed by atoms with van der Waals surface area (Å²) >= 11 is 0. The number of hydrogen-bond donors (Lipinski definition) is 1. The van der Waals surface area contributed by atoms with Crippen LogP contribution >= 0.6 is 0 Å². The van der Waals surface area contributed by atoms with Crippen molar-refractivity contribution in [2.75, 3.05) is 6.54 Å². The van der Waals surface area contributed by atoms with Crippen LogP contribution in [0.4, 0.5) is 8.78 Å². The molecule has 1 unspecified atom stereocenters. The Bertz CT molecular complexity index is 349. The van der Waals surface area contributed by atoms with Gasteiger partial charge < -0.3 is 5.32 Å². The highest BCUT2D eigenvalue weighted by Gasteiger charge is 2.15. The van der Waals surface area contributed by atoms with E-state index in [-0.39, 0.29) is 17.0 Å². The molecule has 0 saturated heterocycles. The van der Waals surface area contributed by atoms with Gasteiger partial charge in [0.1, 0.15) is 11.6 Å².